The molecule has 0 bridgehead atoms. The minimum atomic E-state index is -4.46. The van der Waals surface area contributed by atoms with Gasteiger partial charge in [-0.3, -0.25) is 9.59 Å². The van der Waals surface area contributed by atoms with Crippen molar-refractivity contribution in [3.8, 4) is 0 Å². The molecular weight excluding hydrogens is 371 g/mol. The van der Waals surface area contributed by atoms with Gasteiger partial charge in [-0.1, -0.05) is 13.0 Å². The summed E-state index contributed by atoms with van der Waals surface area (Å²) in [5, 5.41) is 5.96. The lowest BCUT2D eigenvalue weighted by Crippen LogP contribution is -2.51. The summed E-state index contributed by atoms with van der Waals surface area (Å²) in [6, 6.07) is 4.30. The number of rotatable bonds is 4. The molecule has 0 saturated carbocycles. The van der Waals surface area contributed by atoms with Crippen LogP contribution in [0.1, 0.15) is 18.9 Å². The molecule has 0 aromatic heterocycles. The molecule has 0 spiro atoms. The molecule has 1 aromatic rings. The third kappa shape index (κ3) is 4.29. The number of amides is 2. The van der Waals surface area contributed by atoms with E-state index in [2.05, 4.69) is 10.6 Å². The average Bonchev–Trinajstić information content (AvgIpc) is 2.85. The summed E-state index contributed by atoms with van der Waals surface area (Å²) in [5.74, 6) is -0.270. The van der Waals surface area contributed by atoms with Gasteiger partial charge in [0.05, 0.1) is 11.6 Å². The minimum absolute atomic E-state index is 0. The van der Waals surface area contributed by atoms with Gasteiger partial charge in [-0.15, -0.1) is 12.4 Å². The Kier molecular flexibility index (Phi) is 6.18. The van der Waals surface area contributed by atoms with Crippen molar-refractivity contribution in [3.05, 3.63) is 29.8 Å². The van der Waals surface area contributed by atoms with Crippen molar-refractivity contribution < 1.29 is 22.8 Å². The zero-order valence-electron chi connectivity index (χ0n) is 14.2. The van der Waals surface area contributed by atoms with Gasteiger partial charge in [-0.2, -0.15) is 13.2 Å². The zero-order chi connectivity index (χ0) is 18.2. The van der Waals surface area contributed by atoms with Gasteiger partial charge in [0.1, 0.15) is 0 Å². The van der Waals surface area contributed by atoms with Crippen LogP contribution in [-0.4, -0.2) is 37.5 Å². The number of benzene rings is 1. The Morgan fingerprint density at radius 3 is 2.62 bits per heavy atom. The summed E-state index contributed by atoms with van der Waals surface area (Å²) >= 11 is 0. The van der Waals surface area contributed by atoms with Crippen molar-refractivity contribution in [1.29, 1.82) is 0 Å². The molecule has 5 nitrogen and oxygen atoms in total. The monoisotopic (exact) mass is 391 g/mol. The summed E-state index contributed by atoms with van der Waals surface area (Å²) in [6.45, 7) is 3.63. The molecule has 1 aromatic carbocycles. The van der Waals surface area contributed by atoms with Crippen LogP contribution in [0.15, 0.2) is 24.3 Å². The van der Waals surface area contributed by atoms with Gasteiger partial charge >= 0.3 is 6.18 Å². The number of alkyl halides is 3. The number of halogens is 4. The molecule has 2 heterocycles. The first-order valence-electron chi connectivity index (χ1n) is 8.24. The second kappa shape index (κ2) is 7.84. The Bertz CT molecular complexity index is 679. The molecule has 2 saturated heterocycles. The van der Waals surface area contributed by atoms with E-state index in [0.717, 1.165) is 25.2 Å². The normalized spacial score (nSPS) is 21.8. The van der Waals surface area contributed by atoms with Gasteiger partial charge in [0.15, 0.2) is 0 Å². The Balaban J connectivity index is 0.00000243. The number of hydrogen-bond acceptors (Lipinski definition) is 3. The zero-order valence-corrected chi connectivity index (χ0v) is 15.0. The first-order chi connectivity index (χ1) is 11.8. The van der Waals surface area contributed by atoms with Crippen LogP contribution in [0.2, 0.25) is 0 Å². The SMILES string of the molecule is CC(C(=O)NC1CC(=O)N(c2cccc(C(F)(F)F)c2)C1)C1CNC1.Cl. The summed E-state index contributed by atoms with van der Waals surface area (Å²) in [5.41, 5.74) is -0.593. The van der Waals surface area contributed by atoms with Crippen LogP contribution in [0.4, 0.5) is 18.9 Å². The van der Waals surface area contributed by atoms with Gasteiger partial charge in [0.2, 0.25) is 11.8 Å². The fourth-order valence-electron chi connectivity index (χ4n) is 3.12. The van der Waals surface area contributed by atoms with Gasteiger partial charge < -0.3 is 15.5 Å². The highest BCUT2D eigenvalue weighted by Crippen LogP contribution is 2.32. The average molecular weight is 392 g/mol. The third-order valence-electron chi connectivity index (χ3n) is 4.89. The van der Waals surface area contributed by atoms with E-state index in [9.17, 15) is 22.8 Å². The lowest BCUT2D eigenvalue weighted by molar-refractivity contribution is -0.137. The van der Waals surface area contributed by atoms with Gasteiger partial charge in [0, 0.05) is 24.6 Å². The maximum Gasteiger partial charge on any atom is 0.416 e. The molecule has 2 fully saturated rings. The maximum absolute atomic E-state index is 12.8. The molecule has 0 radical (unpaired) electrons. The van der Waals surface area contributed by atoms with E-state index in [4.69, 9.17) is 0 Å². The highest BCUT2D eigenvalue weighted by molar-refractivity contribution is 5.97. The van der Waals surface area contributed by atoms with Crippen LogP contribution in [0.3, 0.4) is 0 Å². The standard InChI is InChI=1S/C17H20F3N3O2.ClH/c1-10(11-7-21-8-11)16(25)22-13-6-15(24)23(9-13)14-4-2-3-12(5-14)17(18,19)20;/h2-5,10-11,13,21H,6-9H2,1H3,(H,22,25);1H. The first-order valence-corrected chi connectivity index (χ1v) is 8.24. The van der Waals surface area contributed by atoms with E-state index in [0.29, 0.717) is 0 Å². The molecule has 26 heavy (non-hydrogen) atoms. The molecule has 2 atom stereocenters. The number of nitrogens with zero attached hydrogens (tertiary/aromatic N) is 1. The van der Waals surface area contributed by atoms with Crippen LogP contribution in [0, 0.1) is 11.8 Å². The topological polar surface area (TPSA) is 61.4 Å². The second-order valence-electron chi connectivity index (χ2n) is 6.67. The molecular formula is C17H21ClF3N3O2. The molecule has 0 aliphatic carbocycles. The van der Waals surface area contributed by atoms with Crippen LogP contribution >= 0.6 is 12.4 Å². The summed E-state index contributed by atoms with van der Waals surface area (Å²) in [7, 11) is 0. The fraction of sp³-hybridized carbons (Fsp3) is 0.529. The number of hydrogen-bond donors (Lipinski definition) is 2. The van der Waals surface area contributed by atoms with E-state index in [1.807, 2.05) is 6.92 Å². The van der Waals surface area contributed by atoms with E-state index in [1.54, 1.807) is 0 Å². The molecule has 2 amide bonds. The van der Waals surface area contributed by atoms with Crippen LogP contribution < -0.4 is 15.5 Å². The van der Waals surface area contributed by atoms with Crippen molar-refractivity contribution in [2.24, 2.45) is 11.8 Å². The molecule has 2 N–H and O–H groups in total. The Morgan fingerprint density at radius 2 is 2.04 bits per heavy atom. The summed E-state index contributed by atoms with van der Waals surface area (Å²) in [4.78, 5) is 25.7. The lowest BCUT2D eigenvalue weighted by Gasteiger charge is -2.32. The van der Waals surface area contributed by atoms with Gasteiger partial charge in [-0.05, 0) is 37.2 Å². The van der Waals surface area contributed by atoms with E-state index in [1.165, 1.54) is 17.0 Å². The predicted molar refractivity (Wildman–Crippen MR) is 93.1 cm³/mol. The molecule has 3 rings (SSSR count). The van der Waals surface area contributed by atoms with Crippen molar-refractivity contribution in [2.45, 2.75) is 25.6 Å². The number of carbonyl (C=O) groups excluding carboxylic acids is 2. The number of carbonyl (C=O) groups is 2. The van der Waals surface area contributed by atoms with Gasteiger partial charge in [-0.25, -0.2) is 0 Å². The lowest BCUT2D eigenvalue weighted by atomic mass is 9.88. The number of nitrogens with one attached hydrogen (secondary N) is 2. The van der Waals surface area contributed by atoms with Gasteiger partial charge in [0.25, 0.3) is 0 Å². The molecule has 2 aliphatic rings. The van der Waals surface area contributed by atoms with Crippen molar-refractivity contribution in [1.82, 2.24) is 10.6 Å². The van der Waals surface area contributed by atoms with E-state index >= 15 is 0 Å². The van der Waals surface area contributed by atoms with Crippen LogP contribution in [0.25, 0.3) is 0 Å². The Labute approximate surface area is 155 Å². The first kappa shape index (κ1) is 20.5. The molecule has 2 aliphatic heterocycles. The van der Waals surface area contributed by atoms with Crippen LogP contribution in [-0.2, 0) is 15.8 Å². The number of anilines is 1. The summed E-state index contributed by atoms with van der Waals surface area (Å²) in [6.07, 6.45) is -4.36. The Hall–Kier alpha value is -1.80. The molecule has 9 heteroatoms. The highest BCUT2D eigenvalue weighted by atomic mass is 35.5. The quantitative estimate of drug-likeness (QED) is 0.827. The minimum Gasteiger partial charge on any atom is -0.351 e. The van der Waals surface area contributed by atoms with E-state index < -0.39 is 11.7 Å². The second-order valence-corrected chi connectivity index (χ2v) is 6.67. The largest absolute Gasteiger partial charge is 0.416 e. The smallest absolute Gasteiger partial charge is 0.351 e. The predicted octanol–water partition coefficient (Wildman–Crippen LogP) is 2.20. The highest BCUT2D eigenvalue weighted by Gasteiger charge is 2.36. The molecule has 144 valence electrons. The molecule has 2 unspecified atom stereocenters. The summed E-state index contributed by atoms with van der Waals surface area (Å²) < 4.78 is 38.5. The fourth-order valence-corrected chi connectivity index (χ4v) is 3.12. The van der Waals surface area contributed by atoms with Crippen LogP contribution in [0.5, 0.6) is 0 Å². The van der Waals surface area contributed by atoms with Crippen molar-refractivity contribution in [3.63, 3.8) is 0 Å². The van der Waals surface area contributed by atoms with E-state index in [-0.39, 0.29) is 60.8 Å². The third-order valence-corrected chi connectivity index (χ3v) is 4.89. The maximum atomic E-state index is 12.8. The van der Waals surface area contributed by atoms with Crippen molar-refractivity contribution in [2.75, 3.05) is 24.5 Å². The van der Waals surface area contributed by atoms with Crippen molar-refractivity contribution >= 4 is 29.9 Å². The Morgan fingerprint density at radius 1 is 1.35 bits per heavy atom.